The Morgan fingerprint density at radius 2 is 2.15 bits per heavy atom. The topological polar surface area (TPSA) is 51.0 Å². The van der Waals surface area contributed by atoms with Gasteiger partial charge in [0.1, 0.15) is 9.53 Å². The number of aromatic nitrogens is 3. The summed E-state index contributed by atoms with van der Waals surface area (Å²) in [5, 5.41) is 0.971. The summed E-state index contributed by atoms with van der Waals surface area (Å²) in [4.78, 5) is 24.2. The van der Waals surface area contributed by atoms with E-state index in [0.717, 1.165) is 27.8 Å². The molecule has 0 saturated carbocycles. The highest BCUT2D eigenvalue weighted by molar-refractivity contribution is 7.25. The number of thiophene rings is 1. The summed E-state index contributed by atoms with van der Waals surface area (Å²) in [5.41, 5.74) is 1.84. The second-order valence-electron chi connectivity index (χ2n) is 4.93. The number of hydrogen-bond acceptors (Lipinski definition) is 5. The zero-order valence-electron chi connectivity index (χ0n) is 11.8. The molecule has 104 valence electrons. The molecule has 0 bridgehead atoms. The minimum Gasteiger partial charge on any atom is -0.377 e. The lowest BCUT2D eigenvalue weighted by atomic mass is 10.2. The molecular weight excluding hydrogens is 272 g/mol. The Balaban J connectivity index is 2.41. The summed E-state index contributed by atoms with van der Waals surface area (Å²) in [6.07, 6.45) is 4.34. The van der Waals surface area contributed by atoms with Crippen molar-refractivity contribution >= 4 is 37.5 Å². The van der Waals surface area contributed by atoms with Crippen molar-refractivity contribution in [2.24, 2.45) is 0 Å². The van der Waals surface area contributed by atoms with Crippen LogP contribution in [0.2, 0.25) is 0 Å². The van der Waals surface area contributed by atoms with Gasteiger partial charge in [0, 0.05) is 26.8 Å². The quantitative estimate of drug-likeness (QED) is 0.743. The van der Waals surface area contributed by atoms with Crippen LogP contribution in [0.25, 0.3) is 20.4 Å². The molecular formula is C14H16N4OS. The maximum atomic E-state index is 12.5. The van der Waals surface area contributed by atoms with Gasteiger partial charge in [0.05, 0.1) is 22.9 Å². The van der Waals surface area contributed by atoms with Crippen molar-refractivity contribution in [1.29, 1.82) is 0 Å². The number of rotatable bonds is 3. The van der Waals surface area contributed by atoms with Crippen molar-refractivity contribution in [1.82, 2.24) is 14.5 Å². The molecule has 3 rings (SSSR count). The molecule has 0 atom stereocenters. The predicted octanol–water partition coefficient (Wildman–Crippen LogP) is 2.48. The monoisotopic (exact) mass is 288 g/mol. The minimum atomic E-state index is 0.0320. The molecule has 0 fully saturated rings. The van der Waals surface area contributed by atoms with Crippen LogP contribution in [0.5, 0.6) is 0 Å². The van der Waals surface area contributed by atoms with Crippen LogP contribution >= 0.6 is 11.3 Å². The van der Waals surface area contributed by atoms with Gasteiger partial charge in [0.15, 0.2) is 0 Å². The molecule has 3 heterocycles. The van der Waals surface area contributed by atoms with Crippen LogP contribution in [-0.2, 0) is 6.54 Å². The molecule has 0 saturated heterocycles. The maximum Gasteiger partial charge on any atom is 0.271 e. The molecule has 5 nitrogen and oxygen atoms in total. The summed E-state index contributed by atoms with van der Waals surface area (Å²) in [6.45, 7) is 2.75. The third-order valence-corrected chi connectivity index (χ3v) is 4.35. The van der Waals surface area contributed by atoms with Crippen molar-refractivity contribution in [3.05, 3.63) is 28.9 Å². The lowest BCUT2D eigenvalue weighted by molar-refractivity contribution is 0.649. The van der Waals surface area contributed by atoms with Gasteiger partial charge in [-0.3, -0.25) is 9.36 Å². The first-order chi connectivity index (χ1) is 9.63. The Morgan fingerprint density at radius 3 is 2.85 bits per heavy atom. The van der Waals surface area contributed by atoms with E-state index in [1.807, 2.05) is 32.0 Å². The molecule has 0 radical (unpaired) electrons. The molecule has 0 aliphatic heterocycles. The van der Waals surface area contributed by atoms with Crippen LogP contribution in [0.4, 0.5) is 5.69 Å². The van der Waals surface area contributed by atoms with E-state index in [0.29, 0.717) is 11.2 Å². The third-order valence-electron chi connectivity index (χ3n) is 3.27. The summed E-state index contributed by atoms with van der Waals surface area (Å²) in [6, 6.07) is 1.95. The van der Waals surface area contributed by atoms with Gasteiger partial charge in [-0.15, -0.1) is 11.3 Å². The van der Waals surface area contributed by atoms with Gasteiger partial charge >= 0.3 is 0 Å². The lowest BCUT2D eigenvalue weighted by Crippen LogP contribution is -2.19. The molecule has 0 aromatic carbocycles. The van der Waals surface area contributed by atoms with Crippen molar-refractivity contribution in [3.8, 4) is 0 Å². The average Bonchev–Trinajstić information content (AvgIpc) is 2.81. The Bertz CT molecular complexity index is 834. The second kappa shape index (κ2) is 4.86. The molecule has 0 amide bonds. The van der Waals surface area contributed by atoms with Crippen molar-refractivity contribution in [2.45, 2.75) is 19.9 Å². The second-order valence-corrected chi connectivity index (χ2v) is 5.93. The first-order valence-electron chi connectivity index (χ1n) is 6.57. The van der Waals surface area contributed by atoms with Crippen LogP contribution in [0.15, 0.2) is 23.4 Å². The van der Waals surface area contributed by atoms with Gasteiger partial charge in [-0.25, -0.2) is 9.97 Å². The Hall–Kier alpha value is -1.95. The normalized spacial score (nSPS) is 11.3. The van der Waals surface area contributed by atoms with Crippen LogP contribution in [0.3, 0.4) is 0 Å². The zero-order chi connectivity index (χ0) is 14.3. The molecule has 6 heteroatoms. The van der Waals surface area contributed by atoms with Gasteiger partial charge in [0.25, 0.3) is 5.56 Å². The molecule has 0 aliphatic carbocycles. The van der Waals surface area contributed by atoms with E-state index in [2.05, 4.69) is 9.97 Å². The van der Waals surface area contributed by atoms with E-state index in [1.54, 1.807) is 17.1 Å². The number of pyridine rings is 1. The van der Waals surface area contributed by atoms with Crippen LogP contribution in [0, 0.1) is 0 Å². The average molecular weight is 288 g/mol. The first kappa shape index (κ1) is 13.1. The molecule has 0 unspecified atom stereocenters. The van der Waals surface area contributed by atoms with Crippen LogP contribution < -0.4 is 10.5 Å². The molecule has 20 heavy (non-hydrogen) atoms. The lowest BCUT2D eigenvalue weighted by Gasteiger charge is -2.13. The predicted molar refractivity (Wildman–Crippen MR) is 83.8 cm³/mol. The van der Waals surface area contributed by atoms with E-state index in [-0.39, 0.29) is 5.56 Å². The Kier molecular flexibility index (Phi) is 3.17. The summed E-state index contributed by atoms with van der Waals surface area (Å²) in [7, 11) is 3.97. The number of aryl methyl sites for hydroxylation is 1. The highest BCUT2D eigenvalue weighted by atomic mass is 32.1. The third kappa shape index (κ3) is 1.87. The van der Waals surface area contributed by atoms with Gasteiger partial charge < -0.3 is 4.90 Å². The Morgan fingerprint density at radius 1 is 1.35 bits per heavy atom. The van der Waals surface area contributed by atoms with E-state index in [4.69, 9.17) is 0 Å². The van der Waals surface area contributed by atoms with Gasteiger partial charge in [-0.2, -0.15) is 0 Å². The summed E-state index contributed by atoms with van der Waals surface area (Å²) < 4.78 is 2.37. The van der Waals surface area contributed by atoms with Crippen LogP contribution in [0.1, 0.15) is 13.3 Å². The van der Waals surface area contributed by atoms with Gasteiger partial charge in [-0.1, -0.05) is 6.92 Å². The van der Waals surface area contributed by atoms with Gasteiger partial charge in [-0.05, 0) is 12.5 Å². The standard InChI is InChI=1S/C14H16N4OS/c1-4-7-18-8-16-11-10-9(17(2)3)5-6-15-13(10)20-12(11)14(18)19/h5-6,8H,4,7H2,1-3H3. The molecule has 0 spiro atoms. The fourth-order valence-electron chi connectivity index (χ4n) is 2.34. The first-order valence-corrected chi connectivity index (χ1v) is 7.39. The fourth-order valence-corrected chi connectivity index (χ4v) is 3.41. The van der Waals surface area contributed by atoms with E-state index >= 15 is 0 Å². The Labute approximate surface area is 120 Å². The van der Waals surface area contributed by atoms with Crippen molar-refractivity contribution in [3.63, 3.8) is 0 Å². The van der Waals surface area contributed by atoms with Crippen molar-refractivity contribution < 1.29 is 0 Å². The minimum absolute atomic E-state index is 0.0320. The number of anilines is 1. The fraction of sp³-hybridized carbons (Fsp3) is 0.357. The van der Waals surface area contributed by atoms with E-state index in [9.17, 15) is 4.79 Å². The summed E-state index contributed by atoms with van der Waals surface area (Å²) in [5.74, 6) is 0. The highest BCUT2D eigenvalue weighted by Gasteiger charge is 2.15. The van der Waals surface area contributed by atoms with Crippen molar-refractivity contribution in [2.75, 3.05) is 19.0 Å². The van der Waals surface area contributed by atoms with Gasteiger partial charge in [0.2, 0.25) is 0 Å². The van der Waals surface area contributed by atoms with E-state index in [1.165, 1.54) is 11.3 Å². The van der Waals surface area contributed by atoms with Crippen LogP contribution in [-0.4, -0.2) is 28.6 Å². The number of hydrogen-bond donors (Lipinski definition) is 0. The molecule has 3 aromatic heterocycles. The highest BCUT2D eigenvalue weighted by Crippen LogP contribution is 2.34. The molecule has 3 aromatic rings. The van der Waals surface area contributed by atoms with E-state index < -0.39 is 0 Å². The summed E-state index contributed by atoms with van der Waals surface area (Å²) >= 11 is 1.43. The SMILES string of the molecule is CCCn1cnc2c(sc3nccc(N(C)C)c32)c1=O. The number of nitrogens with zero attached hydrogens (tertiary/aromatic N) is 4. The number of fused-ring (bicyclic) bond motifs is 3. The molecule has 0 aliphatic rings. The zero-order valence-corrected chi connectivity index (χ0v) is 12.6. The smallest absolute Gasteiger partial charge is 0.271 e. The largest absolute Gasteiger partial charge is 0.377 e. The maximum absolute atomic E-state index is 12.5. The molecule has 0 N–H and O–H groups in total.